The second kappa shape index (κ2) is 7.51. The van der Waals surface area contributed by atoms with E-state index in [9.17, 15) is 8.42 Å². The molecule has 0 saturated carbocycles. The van der Waals surface area contributed by atoms with Gasteiger partial charge in [-0.2, -0.15) is 8.42 Å². The van der Waals surface area contributed by atoms with E-state index >= 15 is 0 Å². The van der Waals surface area contributed by atoms with Crippen LogP contribution in [0.5, 0.6) is 0 Å². The lowest BCUT2D eigenvalue weighted by atomic mass is 10.3. The van der Waals surface area contributed by atoms with Crippen molar-refractivity contribution in [2.75, 3.05) is 10.0 Å². The number of anilines is 2. The van der Waals surface area contributed by atoms with Crippen LogP contribution in [0.4, 0.5) is 11.4 Å². The molecule has 29 heavy (non-hydrogen) atoms. The van der Waals surface area contributed by atoms with Gasteiger partial charge in [0, 0.05) is 22.8 Å². The van der Waals surface area contributed by atoms with Crippen LogP contribution in [0.3, 0.4) is 0 Å². The highest BCUT2D eigenvalue weighted by Gasteiger charge is 2.18. The largest absolute Gasteiger partial charge is 0.378 e. The number of fused-ring (bicyclic) bond motifs is 1. The Morgan fingerprint density at radius 3 is 2.24 bits per heavy atom. The summed E-state index contributed by atoms with van der Waals surface area (Å²) in [5, 5.41) is 3.03. The lowest BCUT2D eigenvalue weighted by Gasteiger charge is -2.09. The number of H-pyrrole nitrogens is 1. The molecule has 148 valence electrons. The van der Waals surface area contributed by atoms with Crippen molar-refractivity contribution < 1.29 is 8.42 Å². The van der Waals surface area contributed by atoms with Crippen molar-refractivity contribution in [3.05, 3.63) is 71.8 Å². The topological polar surface area (TPSA) is 113 Å². The minimum absolute atomic E-state index is 0.234. The average molecular weight is 408 g/mol. The predicted molar refractivity (Wildman–Crippen MR) is 112 cm³/mol. The molecule has 0 aliphatic heterocycles. The molecule has 0 saturated heterocycles. The number of aromatic nitrogens is 4. The molecule has 0 aliphatic rings. The molecule has 2 heterocycles. The summed E-state index contributed by atoms with van der Waals surface area (Å²) in [6.07, 6.45) is 0. The quantitative estimate of drug-likeness (QED) is 0.422. The van der Waals surface area contributed by atoms with Crippen molar-refractivity contribution in [3.63, 3.8) is 0 Å². The minimum Gasteiger partial charge on any atom is -0.378 e. The van der Waals surface area contributed by atoms with Gasteiger partial charge in [-0.3, -0.25) is 4.72 Å². The SMILES string of the molecule is Cc1cc(C)nc(S(=O)(=O)Nc2ccc(NCc3nc4ccccc4[nH]3)cc2)n1. The lowest BCUT2D eigenvalue weighted by molar-refractivity contribution is 0.591. The first-order valence-electron chi connectivity index (χ1n) is 9.02. The van der Waals surface area contributed by atoms with Crippen molar-refractivity contribution in [1.82, 2.24) is 19.9 Å². The zero-order chi connectivity index (χ0) is 20.4. The van der Waals surface area contributed by atoms with Crippen LogP contribution < -0.4 is 10.0 Å². The Morgan fingerprint density at radius 1 is 0.897 bits per heavy atom. The molecule has 9 heteroatoms. The van der Waals surface area contributed by atoms with Crippen molar-refractivity contribution in [3.8, 4) is 0 Å². The molecule has 4 rings (SSSR count). The molecule has 0 bridgehead atoms. The number of aryl methyl sites for hydroxylation is 2. The summed E-state index contributed by atoms with van der Waals surface area (Å²) < 4.78 is 27.6. The van der Waals surface area contributed by atoms with Gasteiger partial charge in [0.1, 0.15) is 5.82 Å². The van der Waals surface area contributed by atoms with Crippen LogP contribution in [0.2, 0.25) is 0 Å². The fraction of sp³-hybridized carbons (Fsp3) is 0.150. The van der Waals surface area contributed by atoms with Gasteiger partial charge in [-0.05, 0) is 56.3 Å². The number of nitrogens with zero attached hydrogens (tertiary/aromatic N) is 3. The van der Waals surface area contributed by atoms with Crippen molar-refractivity contribution in [2.24, 2.45) is 0 Å². The number of hydrogen-bond donors (Lipinski definition) is 3. The molecule has 0 amide bonds. The number of sulfonamides is 1. The third-order valence-electron chi connectivity index (χ3n) is 4.24. The summed E-state index contributed by atoms with van der Waals surface area (Å²) >= 11 is 0. The predicted octanol–water partition coefficient (Wildman–Crippen LogP) is 3.38. The number of aromatic amines is 1. The van der Waals surface area contributed by atoms with Crippen LogP contribution in [-0.2, 0) is 16.6 Å². The van der Waals surface area contributed by atoms with E-state index in [0.29, 0.717) is 23.6 Å². The van der Waals surface area contributed by atoms with Crippen LogP contribution >= 0.6 is 0 Å². The highest BCUT2D eigenvalue weighted by molar-refractivity contribution is 7.92. The van der Waals surface area contributed by atoms with E-state index in [-0.39, 0.29) is 5.16 Å². The molecule has 3 N–H and O–H groups in total. The summed E-state index contributed by atoms with van der Waals surface area (Å²) in [6.45, 7) is 3.99. The summed E-state index contributed by atoms with van der Waals surface area (Å²) in [7, 11) is -3.85. The van der Waals surface area contributed by atoms with E-state index < -0.39 is 10.0 Å². The van der Waals surface area contributed by atoms with Gasteiger partial charge in [0.2, 0.25) is 0 Å². The highest BCUT2D eigenvalue weighted by Crippen LogP contribution is 2.18. The van der Waals surface area contributed by atoms with E-state index in [1.54, 1.807) is 44.2 Å². The summed E-state index contributed by atoms with van der Waals surface area (Å²) in [5.74, 6) is 0.822. The maximum atomic E-state index is 12.5. The summed E-state index contributed by atoms with van der Waals surface area (Å²) in [6, 6.07) is 16.5. The Balaban J connectivity index is 1.43. The summed E-state index contributed by atoms with van der Waals surface area (Å²) in [5.41, 5.74) is 4.38. The maximum Gasteiger partial charge on any atom is 0.297 e. The molecule has 2 aromatic carbocycles. The number of hydrogen-bond acceptors (Lipinski definition) is 6. The van der Waals surface area contributed by atoms with Crippen LogP contribution in [-0.4, -0.2) is 28.4 Å². The number of rotatable bonds is 6. The smallest absolute Gasteiger partial charge is 0.297 e. The molecule has 0 aliphatic carbocycles. The second-order valence-corrected chi connectivity index (χ2v) is 8.25. The van der Waals surface area contributed by atoms with Crippen molar-refractivity contribution >= 4 is 32.4 Å². The van der Waals surface area contributed by atoms with Gasteiger partial charge in [-0.1, -0.05) is 12.1 Å². The fourth-order valence-corrected chi connectivity index (χ4v) is 4.01. The van der Waals surface area contributed by atoms with Gasteiger partial charge < -0.3 is 10.3 Å². The first kappa shape index (κ1) is 18.9. The van der Waals surface area contributed by atoms with Crippen LogP contribution in [0.25, 0.3) is 11.0 Å². The van der Waals surface area contributed by atoms with E-state index in [0.717, 1.165) is 22.5 Å². The normalized spacial score (nSPS) is 11.5. The Labute approximate surface area is 168 Å². The molecule has 8 nitrogen and oxygen atoms in total. The van der Waals surface area contributed by atoms with Crippen molar-refractivity contribution in [2.45, 2.75) is 25.5 Å². The van der Waals surface area contributed by atoms with E-state index in [1.807, 2.05) is 24.3 Å². The maximum absolute atomic E-state index is 12.5. The third-order valence-corrected chi connectivity index (χ3v) is 5.41. The molecule has 0 spiro atoms. The molecule has 0 fully saturated rings. The minimum atomic E-state index is -3.85. The van der Waals surface area contributed by atoms with Crippen LogP contribution in [0.1, 0.15) is 17.2 Å². The number of imidazole rings is 1. The standard InChI is InChI=1S/C20H20N6O2S/c1-13-11-14(2)23-20(22-13)29(27,28)26-16-9-7-15(8-10-16)21-12-19-24-17-5-3-4-6-18(17)25-19/h3-11,21,26H,12H2,1-2H3,(H,24,25). The molecular formula is C20H20N6O2S. The number of nitrogens with one attached hydrogen (secondary N) is 3. The Morgan fingerprint density at radius 2 is 1.55 bits per heavy atom. The van der Waals surface area contributed by atoms with Gasteiger partial charge in [0.15, 0.2) is 0 Å². The zero-order valence-electron chi connectivity index (χ0n) is 16.0. The molecule has 0 unspecified atom stereocenters. The van der Waals surface area contributed by atoms with E-state index in [4.69, 9.17) is 0 Å². The van der Waals surface area contributed by atoms with Gasteiger partial charge in [0.25, 0.3) is 15.2 Å². The van der Waals surface area contributed by atoms with Crippen molar-refractivity contribution in [1.29, 1.82) is 0 Å². The highest BCUT2D eigenvalue weighted by atomic mass is 32.2. The van der Waals surface area contributed by atoms with Crippen LogP contribution in [0, 0.1) is 13.8 Å². The zero-order valence-corrected chi connectivity index (χ0v) is 16.8. The summed E-state index contributed by atoms with van der Waals surface area (Å²) in [4.78, 5) is 15.8. The van der Waals surface area contributed by atoms with E-state index in [1.165, 1.54) is 0 Å². The lowest BCUT2D eigenvalue weighted by Crippen LogP contribution is -2.17. The fourth-order valence-electron chi connectivity index (χ4n) is 2.95. The first-order chi connectivity index (χ1) is 13.9. The van der Waals surface area contributed by atoms with Gasteiger partial charge in [-0.15, -0.1) is 0 Å². The molecular weight excluding hydrogens is 388 g/mol. The molecule has 2 aromatic heterocycles. The van der Waals surface area contributed by atoms with Gasteiger partial charge >= 0.3 is 0 Å². The second-order valence-electron chi connectivity index (χ2n) is 6.67. The Bertz CT molecular complexity index is 1210. The number of para-hydroxylation sites is 2. The first-order valence-corrected chi connectivity index (χ1v) is 10.5. The van der Waals surface area contributed by atoms with Gasteiger partial charge in [0.05, 0.1) is 17.6 Å². The third kappa shape index (κ3) is 4.35. The van der Waals surface area contributed by atoms with Gasteiger partial charge in [-0.25, -0.2) is 15.0 Å². The molecule has 4 aromatic rings. The number of benzene rings is 2. The Hall–Kier alpha value is -3.46. The molecule has 0 atom stereocenters. The molecule has 0 radical (unpaired) electrons. The average Bonchev–Trinajstić information content (AvgIpc) is 3.09. The monoisotopic (exact) mass is 408 g/mol. The Kier molecular flexibility index (Phi) is 4.89. The van der Waals surface area contributed by atoms with E-state index in [2.05, 4.69) is 30.0 Å². The van der Waals surface area contributed by atoms with Crippen LogP contribution in [0.15, 0.2) is 59.8 Å².